The van der Waals surface area contributed by atoms with Crippen LogP contribution in [0.15, 0.2) is 0 Å². The van der Waals surface area contributed by atoms with Gasteiger partial charge in [0.15, 0.2) is 0 Å². The van der Waals surface area contributed by atoms with Gasteiger partial charge in [-0.05, 0) is 33.2 Å². The van der Waals surface area contributed by atoms with E-state index in [-0.39, 0.29) is 11.9 Å². The second-order valence-electron chi connectivity index (χ2n) is 4.20. The minimum Gasteiger partial charge on any atom is -0.342 e. The Hall–Kier alpha value is -0.610. The van der Waals surface area contributed by atoms with Crippen molar-refractivity contribution < 1.29 is 4.79 Å². The van der Waals surface area contributed by atoms with E-state index in [0.717, 1.165) is 39.0 Å². The molecule has 1 amide bonds. The number of amides is 1. The quantitative estimate of drug-likeness (QED) is 0.729. The lowest BCUT2D eigenvalue weighted by Crippen LogP contribution is -2.47. The third-order valence-corrected chi connectivity index (χ3v) is 3.02. The van der Waals surface area contributed by atoms with Gasteiger partial charge in [0.2, 0.25) is 5.91 Å². The van der Waals surface area contributed by atoms with E-state index in [1.807, 2.05) is 18.7 Å². The smallest absolute Gasteiger partial charge is 0.236 e. The van der Waals surface area contributed by atoms with E-state index in [0.29, 0.717) is 6.54 Å². The van der Waals surface area contributed by atoms with Crippen LogP contribution in [0.2, 0.25) is 0 Å². The Morgan fingerprint density at radius 1 is 1.47 bits per heavy atom. The normalized spacial score (nSPS) is 22.7. The summed E-state index contributed by atoms with van der Waals surface area (Å²) in [6, 6.07) is 0.253. The van der Waals surface area contributed by atoms with E-state index in [1.165, 1.54) is 0 Å². The van der Waals surface area contributed by atoms with Crippen molar-refractivity contribution in [2.24, 2.45) is 5.73 Å². The molecule has 1 aliphatic heterocycles. The summed E-state index contributed by atoms with van der Waals surface area (Å²) in [6.07, 6.45) is 2.21. The van der Waals surface area contributed by atoms with Gasteiger partial charge in [-0.2, -0.15) is 0 Å². The predicted molar refractivity (Wildman–Crippen MR) is 61.6 cm³/mol. The Kier molecular flexibility index (Phi) is 5.05. The molecule has 1 heterocycles. The summed E-state index contributed by atoms with van der Waals surface area (Å²) in [5, 5.41) is 0. The molecule has 1 atom stereocenters. The summed E-state index contributed by atoms with van der Waals surface area (Å²) in [6.45, 7) is 8.06. The van der Waals surface area contributed by atoms with Gasteiger partial charge in [0.1, 0.15) is 0 Å². The molecule has 1 rings (SSSR count). The van der Waals surface area contributed by atoms with E-state index in [9.17, 15) is 4.79 Å². The summed E-state index contributed by atoms with van der Waals surface area (Å²) < 4.78 is 0. The largest absolute Gasteiger partial charge is 0.342 e. The maximum Gasteiger partial charge on any atom is 0.236 e. The lowest BCUT2D eigenvalue weighted by molar-refractivity contribution is -0.132. The lowest BCUT2D eigenvalue weighted by Gasteiger charge is -2.31. The first-order valence-electron chi connectivity index (χ1n) is 5.93. The fraction of sp³-hybridized carbons (Fsp3) is 0.909. The summed E-state index contributed by atoms with van der Waals surface area (Å²) >= 11 is 0. The molecule has 1 unspecified atom stereocenters. The van der Waals surface area contributed by atoms with Crippen molar-refractivity contribution in [1.82, 2.24) is 9.80 Å². The number of nitrogens with two attached hydrogens (primary N) is 1. The van der Waals surface area contributed by atoms with Gasteiger partial charge in [0, 0.05) is 25.7 Å². The second kappa shape index (κ2) is 6.08. The zero-order chi connectivity index (χ0) is 11.3. The number of carbonyl (C=O) groups excluding carboxylic acids is 1. The maximum absolute atomic E-state index is 11.8. The van der Waals surface area contributed by atoms with Crippen molar-refractivity contribution >= 4 is 5.91 Å². The Balaban J connectivity index is 2.36. The van der Waals surface area contributed by atoms with E-state index in [1.54, 1.807) is 0 Å². The first kappa shape index (κ1) is 12.5. The monoisotopic (exact) mass is 213 g/mol. The van der Waals surface area contributed by atoms with Gasteiger partial charge in [-0.25, -0.2) is 0 Å². The average molecular weight is 213 g/mol. The Labute approximate surface area is 92.4 Å². The van der Waals surface area contributed by atoms with Crippen LogP contribution >= 0.6 is 0 Å². The average Bonchev–Trinajstić information content (AvgIpc) is 2.19. The van der Waals surface area contributed by atoms with E-state index < -0.39 is 0 Å². The first-order chi connectivity index (χ1) is 7.17. The van der Waals surface area contributed by atoms with Crippen LogP contribution in [0.1, 0.15) is 26.7 Å². The summed E-state index contributed by atoms with van der Waals surface area (Å²) in [7, 11) is 0. The van der Waals surface area contributed by atoms with Gasteiger partial charge in [-0.1, -0.05) is 0 Å². The maximum atomic E-state index is 11.8. The molecule has 0 aromatic rings. The summed E-state index contributed by atoms with van der Waals surface area (Å²) in [4.78, 5) is 15.9. The molecule has 2 N–H and O–H groups in total. The fourth-order valence-corrected chi connectivity index (χ4v) is 2.10. The molecule has 0 aromatic heterocycles. The SMILES string of the molecule is CCN(CC)C(=O)CN1CCCC(N)C1. The predicted octanol–water partition coefficient (Wildman–Crippen LogP) is 0.278. The molecule has 0 bridgehead atoms. The van der Waals surface area contributed by atoms with Crippen LogP contribution in [0, 0.1) is 0 Å². The van der Waals surface area contributed by atoms with Crippen LogP contribution in [-0.2, 0) is 4.79 Å². The van der Waals surface area contributed by atoms with Crippen molar-refractivity contribution in [3.63, 3.8) is 0 Å². The van der Waals surface area contributed by atoms with Gasteiger partial charge < -0.3 is 10.6 Å². The van der Waals surface area contributed by atoms with Crippen molar-refractivity contribution in [2.45, 2.75) is 32.7 Å². The van der Waals surface area contributed by atoms with Crippen molar-refractivity contribution in [3.8, 4) is 0 Å². The van der Waals surface area contributed by atoms with E-state index in [4.69, 9.17) is 5.73 Å². The zero-order valence-electron chi connectivity index (χ0n) is 9.91. The number of rotatable bonds is 4. The zero-order valence-corrected chi connectivity index (χ0v) is 9.91. The van der Waals surface area contributed by atoms with Gasteiger partial charge in [-0.3, -0.25) is 9.69 Å². The van der Waals surface area contributed by atoms with Crippen LogP contribution in [0.3, 0.4) is 0 Å². The fourth-order valence-electron chi connectivity index (χ4n) is 2.10. The summed E-state index contributed by atoms with van der Waals surface area (Å²) in [5.41, 5.74) is 5.88. The molecule has 0 saturated carbocycles. The molecule has 0 radical (unpaired) electrons. The minimum absolute atomic E-state index is 0.231. The molecule has 4 nitrogen and oxygen atoms in total. The van der Waals surface area contributed by atoms with Crippen LogP contribution in [0.4, 0.5) is 0 Å². The standard InChI is InChI=1S/C11H23N3O/c1-3-14(4-2)11(15)9-13-7-5-6-10(12)8-13/h10H,3-9,12H2,1-2H3. The van der Waals surface area contributed by atoms with Crippen molar-refractivity contribution in [3.05, 3.63) is 0 Å². The van der Waals surface area contributed by atoms with E-state index in [2.05, 4.69) is 4.90 Å². The highest BCUT2D eigenvalue weighted by Gasteiger charge is 2.20. The molecule has 1 aliphatic rings. The van der Waals surface area contributed by atoms with Gasteiger partial charge in [-0.15, -0.1) is 0 Å². The molecule has 15 heavy (non-hydrogen) atoms. The number of likely N-dealkylation sites (tertiary alicyclic amines) is 1. The molecule has 0 aliphatic carbocycles. The Morgan fingerprint density at radius 2 is 2.13 bits per heavy atom. The van der Waals surface area contributed by atoms with Gasteiger partial charge in [0.25, 0.3) is 0 Å². The molecule has 1 fully saturated rings. The van der Waals surface area contributed by atoms with Crippen LogP contribution in [0.25, 0.3) is 0 Å². The number of likely N-dealkylation sites (N-methyl/N-ethyl adjacent to an activating group) is 1. The third kappa shape index (κ3) is 3.80. The van der Waals surface area contributed by atoms with E-state index >= 15 is 0 Å². The highest BCUT2D eigenvalue weighted by molar-refractivity contribution is 5.78. The molecule has 4 heteroatoms. The Bertz CT molecular complexity index is 204. The van der Waals surface area contributed by atoms with Crippen LogP contribution < -0.4 is 5.73 Å². The van der Waals surface area contributed by atoms with Crippen LogP contribution in [0.5, 0.6) is 0 Å². The number of piperidine rings is 1. The topological polar surface area (TPSA) is 49.6 Å². The number of hydrogen-bond acceptors (Lipinski definition) is 3. The number of hydrogen-bond donors (Lipinski definition) is 1. The summed E-state index contributed by atoms with van der Waals surface area (Å²) in [5.74, 6) is 0.231. The first-order valence-corrected chi connectivity index (χ1v) is 5.93. The number of carbonyl (C=O) groups is 1. The molecular weight excluding hydrogens is 190 g/mol. The highest BCUT2D eigenvalue weighted by atomic mass is 16.2. The lowest BCUT2D eigenvalue weighted by atomic mass is 10.1. The van der Waals surface area contributed by atoms with Crippen LogP contribution in [-0.4, -0.2) is 54.5 Å². The molecule has 0 spiro atoms. The third-order valence-electron chi connectivity index (χ3n) is 3.02. The Morgan fingerprint density at radius 3 is 2.67 bits per heavy atom. The van der Waals surface area contributed by atoms with Crippen molar-refractivity contribution in [2.75, 3.05) is 32.7 Å². The van der Waals surface area contributed by atoms with Crippen molar-refractivity contribution in [1.29, 1.82) is 0 Å². The molecular formula is C11H23N3O. The second-order valence-corrected chi connectivity index (χ2v) is 4.20. The van der Waals surface area contributed by atoms with Gasteiger partial charge >= 0.3 is 0 Å². The number of nitrogens with zero attached hydrogens (tertiary/aromatic N) is 2. The molecule has 88 valence electrons. The highest BCUT2D eigenvalue weighted by Crippen LogP contribution is 2.08. The minimum atomic E-state index is 0.231. The van der Waals surface area contributed by atoms with Gasteiger partial charge in [0.05, 0.1) is 6.54 Å². The molecule has 1 saturated heterocycles. The molecule has 0 aromatic carbocycles.